The van der Waals surface area contributed by atoms with Gasteiger partial charge >= 0.3 is 0 Å². The van der Waals surface area contributed by atoms with Crippen molar-refractivity contribution >= 4 is 86.8 Å². The molecule has 0 radical (unpaired) electrons. The lowest BCUT2D eigenvalue weighted by Crippen LogP contribution is -2.07. The Morgan fingerprint density at radius 1 is 0.333 bits per heavy atom. The maximum absolute atomic E-state index is 6.67. The summed E-state index contributed by atoms with van der Waals surface area (Å²) in [5.74, 6) is 1.71. The first kappa shape index (κ1) is 32.9. The number of fused-ring (bicyclic) bond motifs is 13. The van der Waals surface area contributed by atoms with Gasteiger partial charge in [-0.05, 0) is 50.2 Å². The first-order chi connectivity index (χ1) is 29.7. The molecule has 0 atom stereocenters. The summed E-state index contributed by atoms with van der Waals surface area (Å²) in [6.45, 7) is 0. The van der Waals surface area contributed by atoms with Crippen LogP contribution in [0.5, 0.6) is 0 Å². The van der Waals surface area contributed by atoms with Gasteiger partial charge in [-0.1, -0.05) is 182 Å². The van der Waals surface area contributed by atoms with Crippen LogP contribution in [0.3, 0.4) is 0 Å². The molecule has 0 saturated heterocycles. The van der Waals surface area contributed by atoms with E-state index in [1.165, 1.54) is 16.3 Å². The highest BCUT2D eigenvalue weighted by Crippen LogP contribution is 2.42. The Morgan fingerprint density at radius 2 is 0.833 bits per heavy atom. The molecule has 0 fully saturated rings. The molecule has 0 unspecified atom stereocenters. The van der Waals surface area contributed by atoms with Crippen LogP contribution in [0.1, 0.15) is 0 Å². The van der Waals surface area contributed by atoms with E-state index in [0.29, 0.717) is 17.6 Å². The smallest absolute Gasteiger partial charge is 0.238 e. The van der Waals surface area contributed by atoms with E-state index in [4.69, 9.17) is 19.4 Å². The molecule has 0 aliphatic heterocycles. The maximum Gasteiger partial charge on any atom is 0.238 e. The molecule has 278 valence electrons. The second-order valence-electron chi connectivity index (χ2n) is 15.5. The standard InChI is InChI=1S/C55H32N4O/c1-5-16-39-33(11-1)15-9-20-40(39)37-23-25-38(26-24-37)53-56-54(47-21-10-22-48-49(47)46-32-29-36-14-4-8-19-43(36)52(46)60-48)58-55(57-53)59-50-41-17-6-2-12-34(41)27-30-44(50)45-31-28-35-13-3-7-18-42(35)51(45)59/h1-32H. The highest BCUT2D eigenvalue weighted by molar-refractivity contribution is 6.24. The van der Waals surface area contributed by atoms with Crippen LogP contribution in [0, 0.1) is 0 Å². The van der Waals surface area contributed by atoms with Crippen LogP contribution in [0.4, 0.5) is 0 Å². The van der Waals surface area contributed by atoms with Crippen molar-refractivity contribution in [1.82, 2.24) is 19.5 Å². The fraction of sp³-hybridized carbons (Fsp3) is 0. The molecule has 13 aromatic rings. The Labute approximate surface area is 343 Å². The minimum absolute atomic E-state index is 0.552. The number of nitrogens with zero attached hydrogens (tertiary/aromatic N) is 4. The van der Waals surface area contributed by atoms with Crippen LogP contribution in [0.25, 0.3) is 127 Å². The topological polar surface area (TPSA) is 56.7 Å². The molecule has 0 spiro atoms. The highest BCUT2D eigenvalue weighted by atomic mass is 16.3. The van der Waals surface area contributed by atoms with Crippen molar-refractivity contribution in [3.63, 3.8) is 0 Å². The van der Waals surface area contributed by atoms with Crippen molar-refractivity contribution < 1.29 is 4.42 Å². The summed E-state index contributed by atoms with van der Waals surface area (Å²) in [6.07, 6.45) is 0. The van der Waals surface area contributed by atoms with E-state index in [1.807, 2.05) is 12.1 Å². The minimum Gasteiger partial charge on any atom is -0.455 e. The third kappa shape index (κ3) is 4.84. The summed E-state index contributed by atoms with van der Waals surface area (Å²) in [5.41, 5.74) is 7.87. The van der Waals surface area contributed by atoms with Gasteiger partial charge in [0.05, 0.1) is 11.0 Å². The van der Waals surface area contributed by atoms with Crippen molar-refractivity contribution in [3.05, 3.63) is 194 Å². The van der Waals surface area contributed by atoms with Crippen LogP contribution < -0.4 is 0 Å². The average Bonchev–Trinajstić information content (AvgIpc) is 3.88. The van der Waals surface area contributed by atoms with Crippen molar-refractivity contribution in [2.75, 3.05) is 0 Å². The fourth-order valence-corrected chi connectivity index (χ4v) is 9.47. The Bertz CT molecular complexity index is 3800. The minimum atomic E-state index is 0.552. The normalized spacial score (nSPS) is 12.0. The van der Waals surface area contributed by atoms with Crippen LogP contribution in [0.15, 0.2) is 199 Å². The van der Waals surface area contributed by atoms with Gasteiger partial charge in [0.2, 0.25) is 5.95 Å². The number of benzene rings is 10. The van der Waals surface area contributed by atoms with E-state index in [1.54, 1.807) is 0 Å². The summed E-state index contributed by atoms with van der Waals surface area (Å²) in [4.78, 5) is 16.3. The highest BCUT2D eigenvalue weighted by Gasteiger charge is 2.23. The third-order valence-electron chi connectivity index (χ3n) is 12.2. The van der Waals surface area contributed by atoms with Gasteiger partial charge in [-0.3, -0.25) is 4.57 Å². The molecule has 60 heavy (non-hydrogen) atoms. The van der Waals surface area contributed by atoms with Gasteiger partial charge < -0.3 is 4.42 Å². The zero-order chi connectivity index (χ0) is 39.3. The van der Waals surface area contributed by atoms with Gasteiger partial charge in [-0.15, -0.1) is 0 Å². The zero-order valence-corrected chi connectivity index (χ0v) is 32.2. The van der Waals surface area contributed by atoms with E-state index >= 15 is 0 Å². The van der Waals surface area contributed by atoms with Gasteiger partial charge in [0, 0.05) is 48.8 Å². The van der Waals surface area contributed by atoms with Gasteiger partial charge in [-0.2, -0.15) is 9.97 Å². The molecule has 0 N–H and O–H groups in total. The SMILES string of the molecule is c1ccc2c(-c3ccc(-c4nc(-c5cccc6oc7c8ccccc8ccc7c56)nc(-n5c6c7ccccc7ccc6c6ccc7ccccc7c65)n4)cc3)cccc2c1. The second-order valence-corrected chi connectivity index (χ2v) is 15.5. The van der Waals surface area contributed by atoms with Crippen molar-refractivity contribution in [3.8, 4) is 39.9 Å². The lowest BCUT2D eigenvalue weighted by atomic mass is 9.97. The Morgan fingerprint density at radius 3 is 1.52 bits per heavy atom. The predicted molar refractivity (Wildman–Crippen MR) is 248 cm³/mol. The Balaban J connectivity index is 1.12. The third-order valence-corrected chi connectivity index (χ3v) is 12.2. The predicted octanol–water partition coefficient (Wildman–Crippen LogP) is 14.5. The van der Waals surface area contributed by atoms with Gasteiger partial charge in [0.15, 0.2) is 11.6 Å². The van der Waals surface area contributed by atoms with E-state index in [-0.39, 0.29) is 0 Å². The molecule has 5 nitrogen and oxygen atoms in total. The van der Waals surface area contributed by atoms with Gasteiger partial charge in [0.25, 0.3) is 0 Å². The number of hydrogen-bond acceptors (Lipinski definition) is 4. The van der Waals surface area contributed by atoms with E-state index in [0.717, 1.165) is 92.8 Å². The van der Waals surface area contributed by atoms with Gasteiger partial charge in [-0.25, -0.2) is 4.98 Å². The lowest BCUT2D eigenvalue weighted by Gasteiger charge is -2.13. The molecule has 13 rings (SSSR count). The zero-order valence-electron chi connectivity index (χ0n) is 32.2. The quantitative estimate of drug-likeness (QED) is 0.179. The molecule has 0 aliphatic carbocycles. The summed E-state index contributed by atoms with van der Waals surface area (Å²) >= 11 is 0. The molecule has 5 heteroatoms. The molecule has 10 aromatic carbocycles. The van der Waals surface area contributed by atoms with E-state index in [9.17, 15) is 0 Å². The summed E-state index contributed by atoms with van der Waals surface area (Å²) < 4.78 is 8.94. The van der Waals surface area contributed by atoms with Crippen LogP contribution >= 0.6 is 0 Å². The molecule has 3 aromatic heterocycles. The molecule has 0 bridgehead atoms. The number of hydrogen-bond donors (Lipinski definition) is 0. The van der Waals surface area contributed by atoms with E-state index in [2.05, 4.69) is 187 Å². The number of aromatic nitrogens is 4. The monoisotopic (exact) mass is 764 g/mol. The molecular formula is C55H32N4O. The summed E-state index contributed by atoms with van der Waals surface area (Å²) in [7, 11) is 0. The first-order valence-electron chi connectivity index (χ1n) is 20.3. The largest absolute Gasteiger partial charge is 0.455 e. The van der Waals surface area contributed by atoms with Crippen LogP contribution in [-0.4, -0.2) is 19.5 Å². The fourth-order valence-electron chi connectivity index (χ4n) is 9.47. The first-order valence-corrected chi connectivity index (χ1v) is 20.3. The molecule has 0 aliphatic rings. The number of rotatable bonds is 4. The second kappa shape index (κ2) is 12.7. The Kier molecular flexibility index (Phi) is 6.95. The summed E-state index contributed by atoms with van der Waals surface area (Å²) in [6, 6.07) is 68.6. The van der Waals surface area contributed by atoms with Crippen LogP contribution in [-0.2, 0) is 0 Å². The average molecular weight is 765 g/mol. The lowest BCUT2D eigenvalue weighted by molar-refractivity contribution is 0.672. The van der Waals surface area contributed by atoms with Crippen LogP contribution in [0.2, 0.25) is 0 Å². The van der Waals surface area contributed by atoms with Crippen molar-refractivity contribution in [2.45, 2.75) is 0 Å². The van der Waals surface area contributed by atoms with Gasteiger partial charge in [0.1, 0.15) is 11.2 Å². The molecular weight excluding hydrogens is 733 g/mol. The molecule has 0 amide bonds. The molecule has 3 heterocycles. The number of furan rings is 1. The summed E-state index contributed by atoms with van der Waals surface area (Å²) in [5, 5.41) is 13.5. The maximum atomic E-state index is 6.67. The van der Waals surface area contributed by atoms with Crippen molar-refractivity contribution in [1.29, 1.82) is 0 Å². The molecule has 0 saturated carbocycles. The Hall–Kier alpha value is -8.15. The van der Waals surface area contributed by atoms with Crippen molar-refractivity contribution in [2.24, 2.45) is 0 Å². The van der Waals surface area contributed by atoms with E-state index < -0.39 is 0 Å².